The molecule has 1 saturated heterocycles. The van der Waals surface area contributed by atoms with Crippen molar-refractivity contribution in [1.82, 2.24) is 4.90 Å². The lowest BCUT2D eigenvalue weighted by Gasteiger charge is -2.16. The Morgan fingerprint density at radius 3 is 2.52 bits per heavy atom. The predicted octanol–water partition coefficient (Wildman–Crippen LogP) is 2.89. The van der Waals surface area contributed by atoms with Crippen LogP contribution in [-0.2, 0) is 6.54 Å². The summed E-state index contributed by atoms with van der Waals surface area (Å²) in [6.07, 6.45) is 0. The number of nitrogens with zero attached hydrogens (tertiary/aromatic N) is 1. The molecule has 1 fully saturated rings. The third kappa shape index (κ3) is 2.96. The molecular formula is C17H18F2N2. The third-order valence-corrected chi connectivity index (χ3v) is 4.07. The van der Waals surface area contributed by atoms with E-state index in [4.69, 9.17) is 5.73 Å². The maximum absolute atomic E-state index is 13.9. The summed E-state index contributed by atoms with van der Waals surface area (Å²) in [5.41, 5.74) is 7.73. The van der Waals surface area contributed by atoms with E-state index in [0.29, 0.717) is 18.7 Å². The van der Waals surface area contributed by atoms with Gasteiger partial charge in [0.15, 0.2) is 11.6 Å². The van der Waals surface area contributed by atoms with E-state index >= 15 is 0 Å². The fraction of sp³-hybridized carbons (Fsp3) is 0.294. The summed E-state index contributed by atoms with van der Waals surface area (Å²) in [4.78, 5) is 2.19. The van der Waals surface area contributed by atoms with E-state index in [1.54, 1.807) is 12.1 Å². The van der Waals surface area contributed by atoms with Crippen molar-refractivity contribution in [3.63, 3.8) is 0 Å². The Hall–Kier alpha value is -1.78. The smallest absolute Gasteiger partial charge is 0.162 e. The van der Waals surface area contributed by atoms with E-state index in [0.717, 1.165) is 12.6 Å². The number of nitrogens with two attached hydrogens (primary N) is 1. The summed E-state index contributed by atoms with van der Waals surface area (Å²) in [7, 11) is 0. The maximum atomic E-state index is 13.9. The van der Waals surface area contributed by atoms with Crippen LogP contribution in [0.3, 0.4) is 0 Å². The molecule has 2 aromatic rings. The number of hydrogen-bond donors (Lipinski definition) is 1. The molecule has 0 aliphatic carbocycles. The molecule has 1 heterocycles. The van der Waals surface area contributed by atoms with Crippen LogP contribution >= 0.6 is 0 Å². The first kappa shape index (κ1) is 14.2. The zero-order chi connectivity index (χ0) is 14.8. The Morgan fingerprint density at radius 2 is 1.76 bits per heavy atom. The highest BCUT2D eigenvalue weighted by Crippen LogP contribution is 2.30. The highest BCUT2D eigenvalue weighted by atomic mass is 19.2. The van der Waals surface area contributed by atoms with Crippen molar-refractivity contribution >= 4 is 0 Å². The lowest BCUT2D eigenvalue weighted by Crippen LogP contribution is -2.29. The Kier molecular flexibility index (Phi) is 3.99. The summed E-state index contributed by atoms with van der Waals surface area (Å²) >= 11 is 0. The fourth-order valence-electron chi connectivity index (χ4n) is 3.02. The van der Waals surface area contributed by atoms with Gasteiger partial charge in [0.1, 0.15) is 0 Å². The van der Waals surface area contributed by atoms with Gasteiger partial charge < -0.3 is 5.73 Å². The molecule has 0 unspecified atom stereocenters. The van der Waals surface area contributed by atoms with Crippen LogP contribution < -0.4 is 5.73 Å². The van der Waals surface area contributed by atoms with Crippen molar-refractivity contribution in [2.75, 3.05) is 13.1 Å². The van der Waals surface area contributed by atoms with Crippen LogP contribution in [0, 0.1) is 11.6 Å². The average Bonchev–Trinajstić information content (AvgIpc) is 2.83. The number of rotatable bonds is 3. The molecule has 0 aromatic heterocycles. The Morgan fingerprint density at radius 1 is 1.00 bits per heavy atom. The second-order valence-electron chi connectivity index (χ2n) is 5.59. The topological polar surface area (TPSA) is 29.3 Å². The molecule has 0 bridgehead atoms. The molecular weight excluding hydrogens is 270 g/mol. The van der Waals surface area contributed by atoms with Crippen molar-refractivity contribution in [3.8, 4) is 0 Å². The Labute approximate surface area is 123 Å². The number of hydrogen-bond acceptors (Lipinski definition) is 2. The zero-order valence-corrected chi connectivity index (χ0v) is 11.7. The van der Waals surface area contributed by atoms with Crippen LogP contribution in [0.15, 0.2) is 48.5 Å². The monoisotopic (exact) mass is 288 g/mol. The molecule has 1 aliphatic heterocycles. The molecule has 0 amide bonds. The van der Waals surface area contributed by atoms with Gasteiger partial charge in [-0.25, -0.2) is 8.78 Å². The maximum Gasteiger partial charge on any atom is 0.162 e. The first-order valence-electron chi connectivity index (χ1n) is 7.11. The van der Waals surface area contributed by atoms with Gasteiger partial charge in [-0.2, -0.15) is 0 Å². The van der Waals surface area contributed by atoms with Crippen molar-refractivity contribution in [3.05, 3.63) is 71.3 Å². The van der Waals surface area contributed by atoms with Crippen LogP contribution in [-0.4, -0.2) is 24.0 Å². The van der Waals surface area contributed by atoms with Gasteiger partial charge in [0.2, 0.25) is 0 Å². The quantitative estimate of drug-likeness (QED) is 0.941. The molecule has 4 heteroatoms. The molecule has 0 saturated carbocycles. The number of benzene rings is 2. The molecule has 110 valence electrons. The minimum atomic E-state index is -0.804. The fourth-order valence-corrected chi connectivity index (χ4v) is 3.02. The lowest BCUT2D eigenvalue weighted by molar-refractivity contribution is 0.323. The summed E-state index contributed by atoms with van der Waals surface area (Å²) in [5.74, 6) is -1.73. The van der Waals surface area contributed by atoms with Gasteiger partial charge in [0, 0.05) is 31.6 Å². The van der Waals surface area contributed by atoms with E-state index < -0.39 is 11.6 Å². The van der Waals surface area contributed by atoms with Gasteiger partial charge in [0.05, 0.1) is 0 Å². The van der Waals surface area contributed by atoms with Gasteiger partial charge in [-0.05, 0) is 17.2 Å². The zero-order valence-electron chi connectivity index (χ0n) is 11.7. The highest BCUT2D eigenvalue weighted by molar-refractivity contribution is 5.27. The minimum absolute atomic E-state index is 0.163. The van der Waals surface area contributed by atoms with Gasteiger partial charge in [-0.1, -0.05) is 42.5 Å². The van der Waals surface area contributed by atoms with Gasteiger partial charge in [0.25, 0.3) is 0 Å². The standard InChI is InChI=1S/C17H18F2N2/c18-15-8-4-7-13(17(15)19)14-10-21(11-16(14)20)9-12-5-2-1-3-6-12/h1-8,14,16H,9-11,20H2/t14-,16+/m1/s1. The van der Waals surface area contributed by atoms with E-state index in [-0.39, 0.29) is 12.0 Å². The minimum Gasteiger partial charge on any atom is -0.326 e. The largest absolute Gasteiger partial charge is 0.326 e. The van der Waals surface area contributed by atoms with Crippen LogP contribution in [0.1, 0.15) is 17.0 Å². The average molecular weight is 288 g/mol. The second kappa shape index (κ2) is 5.92. The molecule has 2 aromatic carbocycles. The van der Waals surface area contributed by atoms with Gasteiger partial charge in [-0.3, -0.25) is 4.90 Å². The van der Waals surface area contributed by atoms with Crippen LogP contribution in [0.4, 0.5) is 8.78 Å². The van der Waals surface area contributed by atoms with Crippen LogP contribution in [0.2, 0.25) is 0 Å². The SMILES string of the molecule is N[C@H]1CN(Cc2ccccc2)C[C@@H]1c1cccc(F)c1F. The van der Waals surface area contributed by atoms with E-state index in [2.05, 4.69) is 17.0 Å². The normalized spacial score (nSPS) is 22.6. The first-order valence-corrected chi connectivity index (χ1v) is 7.11. The third-order valence-electron chi connectivity index (χ3n) is 4.07. The van der Waals surface area contributed by atoms with Gasteiger partial charge >= 0.3 is 0 Å². The molecule has 2 atom stereocenters. The first-order chi connectivity index (χ1) is 10.1. The lowest BCUT2D eigenvalue weighted by atomic mass is 9.94. The molecule has 3 rings (SSSR count). The molecule has 1 aliphatic rings. The van der Waals surface area contributed by atoms with Crippen LogP contribution in [0.5, 0.6) is 0 Å². The second-order valence-corrected chi connectivity index (χ2v) is 5.59. The van der Waals surface area contributed by atoms with Crippen molar-refractivity contribution in [2.24, 2.45) is 5.73 Å². The van der Waals surface area contributed by atoms with Crippen molar-refractivity contribution in [1.29, 1.82) is 0 Å². The Balaban J connectivity index is 1.76. The van der Waals surface area contributed by atoms with Crippen LogP contribution in [0.25, 0.3) is 0 Å². The van der Waals surface area contributed by atoms with Crippen molar-refractivity contribution < 1.29 is 8.78 Å². The Bertz CT molecular complexity index is 615. The summed E-state index contributed by atoms with van der Waals surface area (Å²) < 4.78 is 27.3. The molecule has 21 heavy (non-hydrogen) atoms. The van der Waals surface area contributed by atoms with Gasteiger partial charge in [-0.15, -0.1) is 0 Å². The summed E-state index contributed by atoms with van der Waals surface area (Å²) in [5, 5.41) is 0. The van der Waals surface area contributed by atoms with Crippen molar-refractivity contribution in [2.45, 2.75) is 18.5 Å². The molecule has 2 N–H and O–H groups in total. The summed E-state index contributed by atoms with van der Waals surface area (Å²) in [6, 6.07) is 14.2. The number of halogens is 2. The highest BCUT2D eigenvalue weighted by Gasteiger charge is 2.33. The molecule has 0 radical (unpaired) electrons. The van der Waals surface area contributed by atoms with E-state index in [9.17, 15) is 8.78 Å². The summed E-state index contributed by atoms with van der Waals surface area (Å²) in [6.45, 7) is 2.12. The van der Waals surface area contributed by atoms with E-state index in [1.807, 2.05) is 18.2 Å². The molecule has 0 spiro atoms. The molecule has 2 nitrogen and oxygen atoms in total. The predicted molar refractivity (Wildman–Crippen MR) is 78.8 cm³/mol. The van der Waals surface area contributed by atoms with E-state index in [1.165, 1.54) is 5.56 Å². The number of likely N-dealkylation sites (tertiary alicyclic amines) is 1.